The molecular weight excluding hydrogens is 310 g/mol. The van der Waals surface area contributed by atoms with E-state index in [9.17, 15) is 10.1 Å². The quantitative estimate of drug-likeness (QED) is 0.574. The van der Waals surface area contributed by atoms with Crippen LogP contribution in [0.4, 0.5) is 0 Å². The number of rotatable bonds is 4. The molecular formula is C21H21N3O. The van der Waals surface area contributed by atoms with Crippen LogP contribution >= 0.6 is 0 Å². The third-order valence-corrected chi connectivity index (χ3v) is 4.21. The predicted octanol–water partition coefficient (Wildman–Crippen LogP) is 4.25. The van der Waals surface area contributed by atoms with Crippen LogP contribution in [0.25, 0.3) is 27.9 Å². The second-order valence-corrected chi connectivity index (χ2v) is 6.34. The average molecular weight is 331 g/mol. The van der Waals surface area contributed by atoms with Crippen LogP contribution in [0.3, 0.4) is 0 Å². The van der Waals surface area contributed by atoms with Crippen molar-refractivity contribution in [2.75, 3.05) is 0 Å². The van der Waals surface area contributed by atoms with Crippen LogP contribution in [0.5, 0.6) is 0 Å². The summed E-state index contributed by atoms with van der Waals surface area (Å²) in [5, 5.41) is 14.4. The van der Waals surface area contributed by atoms with Gasteiger partial charge in [0.25, 0.3) is 5.91 Å². The largest absolute Gasteiger partial charge is 0.349 e. The molecule has 1 amide bonds. The molecule has 0 aliphatic carbocycles. The summed E-state index contributed by atoms with van der Waals surface area (Å²) in [5.41, 5.74) is 3.32. The van der Waals surface area contributed by atoms with Crippen molar-refractivity contribution in [1.29, 1.82) is 5.26 Å². The molecule has 0 saturated heterocycles. The third kappa shape index (κ3) is 3.14. The second kappa shape index (κ2) is 6.82. The lowest BCUT2D eigenvalue weighted by atomic mass is 10.1. The van der Waals surface area contributed by atoms with Crippen molar-refractivity contribution in [2.24, 2.45) is 0 Å². The lowest BCUT2D eigenvalue weighted by molar-refractivity contribution is -0.117. The standard InChI is InChI=1S/C21H21N3O/c1-4-24-19-8-6-5-7-17(19)18-12-15(9-10-20(18)24)11-16(13-22)21(25)23-14(2)3/h5-12,14H,4H2,1-3H3,(H,23,25). The van der Waals surface area contributed by atoms with Crippen LogP contribution in [-0.2, 0) is 11.3 Å². The van der Waals surface area contributed by atoms with E-state index in [4.69, 9.17) is 0 Å². The normalized spacial score (nSPS) is 11.9. The minimum atomic E-state index is -0.339. The van der Waals surface area contributed by atoms with Gasteiger partial charge in [-0.15, -0.1) is 0 Å². The first kappa shape index (κ1) is 16.8. The maximum absolute atomic E-state index is 12.1. The van der Waals surface area contributed by atoms with Crippen molar-refractivity contribution in [3.8, 4) is 6.07 Å². The number of aryl methyl sites for hydroxylation is 1. The molecule has 1 aromatic heterocycles. The van der Waals surface area contributed by atoms with Crippen molar-refractivity contribution >= 4 is 33.8 Å². The van der Waals surface area contributed by atoms with E-state index in [-0.39, 0.29) is 17.5 Å². The summed E-state index contributed by atoms with van der Waals surface area (Å²) in [6.45, 7) is 6.76. The molecule has 3 aromatic rings. The summed E-state index contributed by atoms with van der Waals surface area (Å²) in [4.78, 5) is 12.1. The highest BCUT2D eigenvalue weighted by atomic mass is 16.1. The van der Waals surface area contributed by atoms with Gasteiger partial charge in [-0.25, -0.2) is 0 Å². The molecule has 0 spiro atoms. The van der Waals surface area contributed by atoms with E-state index in [1.54, 1.807) is 6.08 Å². The number of nitriles is 1. The van der Waals surface area contributed by atoms with Crippen LogP contribution in [0.15, 0.2) is 48.0 Å². The Morgan fingerprint density at radius 3 is 2.60 bits per heavy atom. The number of hydrogen-bond acceptors (Lipinski definition) is 2. The molecule has 0 bridgehead atoms. The van der Waals surface area contributed by atoms with Crippen molar-refractivity contribution in [2.45, 2.75) is 33.4 Å². The molecule has 1 heterocycles. The Hall–Kier alpha value is -3.06. The summed E-state index contributed by atoms with van der Waals surface area (Å²) < 4.78 is 2.27. The lowest BCUT2D eigenvalue weighted by Crippen LogP contribution is -2.30. The molecule has 1 N–H and O–H groups in total. The smallest absolute Gasteiger partial charge is 0.262 e. The molecule has 0 aliphatic rings. The monoisotopic (exact) mass is 331 g/mol. The van der Waals surface area contributed by atoms with Crippen molar-refractivity contribution in [3.63, 3.8) is 0 Å². The van der Waals surface area contributed by atoms with Crippen molar-refractivity contribution in [1.82, 2.24) is 9.88 Å². The van der Waals surface area contributed by atoms with Gasteiger partial charge in [0, 0.05) is 34.4 Å². The fourth-order valence-electron chi connectivity index (χ4n) is 3.16. The summed E-state index contributed by atoms with van der Waals surface area (Å²) in [5.74, 6) is -0.339. The average Bonchev–Trinajstić information content (AvgIpc) is 2.92. The molecule has 0 atom stereocenters. The SMILES string of the molecule is CCn1c2ccccc2c2cc(C=C(C#N)C(=O)NC(C)C)ccc21. The van der Waals surface area contributed by atoms with Gasteiger partial charge < -0.3 is 9.88 Å². The number of fused-ring (bicyclic) bond motifs is 3. The van der Waals surface area contributed by atoms with Crippen LogP contribution < -0.4 is 5.32 Å². The third-order valence-electron chi connectivity index (χ3n) is 4.21. The number of para-hydroxylation sites is 1. The van der Waals surface area contributed by atoms with Gasteiger partial charge in [0.1, 0.15) is 11.6 Å². The summed E-state index contributed by atoms with van der Waals surface area (Å²) in [6.07, 6.45) is 1.65. The fraction of sp³-hybridized carbons (Fsp3) is 0.238. The van der Waals surface area contributed by atoms with E-state index in [1.165, 1.54) is 10.9 Å². The maximum Gasteiger partial charge on any atom is 0.262 e. The summed E-state index contributed by atoms with van der Waals surface area (Å²) in [6, 6.07) is 16.3. The molecule has 4 nitrogen and oxygen atoms in total. The highest BCUT2D eigenvalue weighted by Crippen LogP contribution is 2.30. The number of carbonyl (C=O) groups excluding carboxylic acids is 1. The first-order valence-corrected chi connectivity index (χ1v) is 8.48. The Labute approximate surface area is 147 Å². The zero-order chi connectivity index (χ0) is 18.0. The van der Waals surface area contributed by atoms with Crippen LogP contribution in [0.2, 0.25) is 0 Å². The van der Waals surface area contributed by atoms with E-state index in [1.807, 2.05) is 44.2 Å². The van der Waals surface area contributed by atoms with Gasteiger partial charge in [0.05, 0.1) is 0 Å². The first-order chi connectivity index (χ1) is 12.0. The molecule has 0 saturated carbocycles. The van der Waals surface area contributed by atoms with Gasteiger partial charge in [-0.05, 0) is 50.6 Å². The fourth-order valence-corrected chi connectivity index (χ4v) is 3.16. The van der Waals surface area contributed by atoms with E-state index in [2.05, 4.69) is 35.0 Å². The molecule has 3 rings (SSSR count). The molecule has 126 valence electrons. The number of carbonyl (C=O) groups is 1. The van der Waals surface area contributed by atoms with Gasteiger partial charge in [0.15, 0.2) is 0 Å². The van der Waals surface area contributed by atoms with Crippen molar-refractivity contribution < 1.29 is 4.79 Å². The summed E-state index contributed by atoms with van der Waals surface area (Å²) >= 11 is 0. The molecule has 0 radical (unpaired) electrons. The topological polar surface area (TPSA) is 57.8 Å². The second-order valence-electron chi connectivity index (χ2n) is 6.34. The molecule has 0 unspecified atom stereocenters. The Kier molecular flexibility index (Phi) is 4.58. The van der Waals surface area contributed by atoms with Crippen LogP contribution in [0, 0.1) is 11.3 Å². The molecule has 25 heavy (non-hydrogen) atoms. The lowest BCUT2D eigenvalue weighted by Gasteiger charge is -2.07. The Morgan fingerprint density at radius 2 is 1.92 bits per heavy atom. The van der Waals surface area contributed by atoms with Gasteiger partial charge in [-0.3, -0.25) is 4.79 Å². The predicted molar refractivity (Wildman–Crippen MR) is 102 cm³/mol. The molecule has 0 aliphatic heterocycles. The Balaban J connectivity index is 2.13. The van der Waals surface area contributed by atoms with Crippen LogP contribution in [0.1, 0.15) is 26.3 Å². The van der Waals surface area contributed by atoms with Gasteiger partial charge in [0.2, 0.25) is 0 Å². The van der Waals surface area contributed by atoms with Gasteiger partial charge >= 0.3 is 0 Å². The van der Waals surface area contributed by atoms with E-state index >= 15 is 0 Å². The molecule has 2 aromatic carbocycles. The number of aromatic nitrogens is 1. The minimum Gasteiger partial charge on any atom is -0.349 e. The number of nitrogens with zero attached hydrogens (tertiary/aromatic N) is 2. The number of nitrogens with one attached hydrogen (secondary N) is 1. The number of hydrogen-bond donors (Lipinski definition) is 1. The zero-order valence-corrected chi connectivity index (χ0v) is 14.7. The minimum absolute atomic E-state index is 0.00531. The zero-order valence-electron chi connectivity index (χ0n) is 14.7. The summed E-state index contributed by atoms with van der Waals surface area (Å²) in [7, 11) is 0. The first-order valence-electron chi connectivity index (χ1n) is 8.48. The molecule has 0 fully saturated rings. The van der Waals surface area contributed by atoms with Gasteiger partial charge in [-0.2, -0.15) is 5.26 Å². The van der Waals surface area contributed by atoms with E-state index < -0.39 is 0 Å². The van der Waals surface area contributed by atoms with Gasteiger partial charge in [-0.1, -0.05) is 24.3 Å². The number of benzene rings is 2. The highest BCUT2D eigenvalue weighted by molar-refractivity contribution is 6.09. The van der Waals surface area contributed by atoms with Crippen molar-refractivity contribution in [3.05, 3.63) is 53.6 Å². The maximum atomic E-state index is 12.1. The highest BCUT2D eigenvalue weighted by Gasteiger charge is 2.12. The Morgan fingerprint density at radius 1 is 1.20 bits per heavy atom. The van der Waals surface area contributed by atoms with E-state index in [0.717, 1.165) is 23.0 Å². The van der Waals surface area contributed by atoms with Crippen LogP contribution in [-0.4, -0.2) is 16.5 Å². The molecule has 4 heteroatoms. The Bertz CT molecular complexity index is 1020. The van der Waals surface area contributed by atoms with E-state index in [0.29, 0.717) is 0 Å². The number of amides is 1.